The zero-order valence-electron chi connectivity index (χ0n) is 13.1. The third-order valence-corrected chi connectivity index (χ3v) is 3.89. The van der Waals surface area contributed by atoms with Crippen molar-refractivity contribution in [3.8, 4) is 0 Å². The number of amides is 2. The molecule has 1 atom stereocenters. The second-order valence-electron chi connectivity index (χ2n) is 5.89. The first kappa shape index (κ1) is 16.5. The molecule has 4 N–H and O–H groups in total. The molecule has 1 aromatic carbocycles. The standard InChI is InChI=1S/C17H25N3O2/c1-2-3-4-15(11-18)20-17(22)13-7-9-14(10-8-13)19-16(21)12-5-6-12/h7-10,12,15H,2-6,11,18H2,1H3,(H,19,21)(H,20,22). The minimum atomic E-state index is -0.119. The molecule has 1 aliphatic carbocycles. The third-order valence-electron chi connectivity index (χ3n) is 3.89. The van der Waals surface area contributed by atoms with Crippen molar-refractivity contribution < 1.29 is 9.59 Å². The molecule has 2 amide bonds. The maximum Gasteiger partial charge on any atom is 0.251 e. The van der Waals surface area contributed by atoms with Crippen LogP contribution in [0, 0.1) is 5.92 Å². The van der Waals surface area contributed by atoms with Crippen LogP contribution in [0.4, 0.5) is 5.69 Å². The summed E-state index contributed by atoms with van der Waals surface area (Å²) in [5, 5.41) is 5.81. The van der Waals surface area contributed by atoms with Crippen molar-refractivity contribution in [3.63, 3.8) is 0 Å². The minimum absolute atomic E-state index is 0.0155. The molecule has 1 aliphatic rings. The van der Waals surface area contributed by atoms with Gasteiger partial charge in [-0.2, -0.15) is 0 Å². The summed E-state index contributed by atoms with van der Waals surface area (Å²) in [6.45, 7) is 2.56. The zero-order chi connectivity index (χ0) is 15.9. The zero-order valence-corrected chi connectivity index (χ0v) is 13.1. The van der Waals surface area contributed by atoms with E-state index in [2.05, 4.69) is 17.6 Å². The first-order valence-electron chi connectivity index (χ1n) is 8.06. The van der Waals surface area contributed by atoms with E-state index >= 15 is 0 Å². The number of benzene rings is 1. The van der Waals surface area contributed by atoms with Gasteiger partial charge in [-0.1, -0.05) is 19.8 Å². The van der Waals surface area contributed by atoms with Gasteiger partial charge >= 0.3 is 0 Å². The van der Waals surface area contributed by atoms with Gasteiger partial charge < -0.3 is 16.4 Å². The number of anilines is 1. The van der Waals surface area contributed by atoms with E-state index < -0.39 is 0 Å². The number of rotatable bonds is 8. The number of nitrogens with one attached hydrogen (secondary N) is 2. The Hall–Kier alpha value is -1.88. The summed E-state index contributed by atoms with van der Waals surface area (Å²) in [4.78, 5) is 23.8. The van der Waals surface area contributed by atoms with Crippen LogP contribution in [0.3, 0.4) is 0 Å². The van der Waals surface area contributed by atoms with Crippen molar-refractivity contribution in [2.45, 2.75) is 45.1 Å². The number of hydrogen-bond acceptors (Lipinski definition) is 3. The summed E-state index contributed by atoms with van der Waals surface area (Å²) in [5.74, 6) is 0.124. The average Bonchev–Trinajstić information content (AvgIpc) is 3.36. The molecule has 0 aromatic heterocycles. The molecule has 1 aromatic rings. The Labute approximate surface area is 131 Å². The van der Waals surface area contributed by atoms with Crippen LogP contribution in [0.2, 0.25) is 0 Å². The molecule has 0 heterocycles. The van der Waals surface area contributed by atoms with Gasteiger partial charge in [0, 0.05) is 29.8 Å². The highest BCUT2D eigenvalue weighted by atomic mass is 16.2. The lowest BCUT2D eigenvalue weighted by Gasteiger charge is -2.16. The largest absolute Gasteiger partial charge is 0.348 e. The van der Waals surface area contributed by atoms with Gasteiger partial charge in [0.1, 0.15) is 0 Å². The summed E-state index contributed by atoms with van der Waals surface area (Å²) in [5.41, 5.74) is 7.00. The van der Waals surface area contributed by atoms with Crippen LogP contribution in [-0.2, 0) is 4.79 Å². The Morgan fingerprint density at radius 2 is 1.95 bits per heavy atom. The SMILES string of the molecule is CCCCC(CN)NC(=O)c1ccc(NC(=O)C2CC2)cc1. The van der Waals surface area contributed by atoms with E-state index in [1.807, 2.05) is 0 Å². The first-order valence-corrected chi connectivity index (χ1v) is 8.06. The van der Waals surface area contributed by atoms with Gasteiger partial charge in [-0.05, 0) is 43.5 Å². The van der Waals surface area contributed by atoms with Gasteiger partial charge in [0.2, 0.25) is 5.91 Å². The van der Waals surface area contributed by atoms with Crippen LogP contribution in [0.25, 0.3) is 0 Å². The van der Waals surface area contributed by atoms with Crippen LogP contribution in [0.1, 0.15) is 49.4 Å². The fourth-order valence-electron chi connectivity index (χ4n) is 2.26. The van der Waals surface area contributed by atoms with Crippen molar-refractivity contribution in [1.82, 2.24) is 5.32 Å². The average molecular weight is 303 g/mol. The molecule has 5 heteroatoms. The molecule has 2 rings (SSSR count). The number of carbonyl (C=O) groups excluding carboxylic acids is 2. The second-order valence-corrected chi connectivity index (χ2v) is 5.89. The summed E-state index contributed by atoms with van der Waals surface area (Å²) in [6, 6.07) is 7.00. The molecule has 0 spiro atoms. The van der Waals surface area contributed by atoms with Gasteiger partial charge in [0.05, 0.1) is 0 Å². The predicted octanol–water partition coefficient (Wildman–Crippen LogP) is 2.28. The highest BCUT2D eigenvalue weighted by molar-refractivity contribution is 5.96. The van der Waals surface area contributed by atoms with Crippen molar-refractivity contribution in [2.75, 3.05) is 11.9 Å². The molecule has 0 radical (unpaired) electrons. The lowest BCUT2D eigenvalue weighted by atomic mass is 10.1. The van der Waals surface area contributed by atoms with Crippen molar-refractivity contribution in [3.05, 3.63) is 29.8 Å². The van der Waals surface area contributed by atoms with Crippen LogP contribution in [-0.4, -0.2) is 24.4 Å². The maximum absolute atomic E-state index is 12.2. The highest BCUT2D eigenvalue weighted by Gasteiger charge is 2.29. The number of hydrogen-bond donors (Lipinski definition) is 3. The Morgan fingerprint density at radius 3 is 2.50 bits per heavy atom. The van der Waals surface area contributed by atoms with E-state index in [9.17, 15) is 9.59 Å². The Balaban J connectivity index is 1.88. The van der Waals surface area contributed by atoms with E-state index in [1.54, 1.807) is 24.3 Å². The van der Waals surface area contributed by atoms with E-state index in [1.165, 1.54) is 0 Å². The van der Waals surface area contributed by atoms with Crippen LogP contribution >= 0.6 is 0 Å². The van der Waals surface area contributed by atoms with E-state index in [4.69, 9.17) is 5.73 Å². The monoisotopic (exact) mass is 303 g/mol. The Bertz CT molecular complexity index is 509. The Morgan fingerprint density at radius 1 is 1.27 bits per heavy atom. The summed E-state index contributed by atoms with van der Waals surface area (Å²) in [6.07, 6.45) is 4.99. The molecular formula is C17H25N3O2. The molecular weight excluding hydrogens is 278 g/mol. The lowest BCUT2D eigenvalue weighted by Crippen LogP contribution is -2.40. The molecule has 0 saturated heterocycles. The summed E-state index contributed by atoms with van der Waals surface area (Å²) >= 11 is 0. The van der Waals surface area contributed by atoms with E-state index in [0.717, 1.165) is 37.8 Å². The topological polar surface area (TPSA) is 84.2 Å². The minimum Gasteiger partial charge on any atom is -0.348 e. The van der Waals surface area contributed by atoms with Crippen LogP contribution in [0.5, 0.6) is 0 Å². The van der Waals surface area contributed by atoms with Crippen molar-refractivity contribution >= 4 is 17.5 Å². The van der Waals surface area contributed by atoms with Crippen LogP contribution in [0.15, 0.2) is 24.3 Å². The van der Waals surface area contributed by atoms with E-state index in [0.29, 0.717) is 12.1 Å². The Kier molecular flexibility index (Phi) is 5.95. The summed E-state index contributed by atoms with van der Waals surface area (Å²) < 4.78 is 0. The molecule has 120 valence electrons. The fourth-order valence-corrected chi connectivity index (χ4v) is 2.26. The van der Waals surface area contributed by atoms with Crippen molar-refractivity contribution in [1.29, 1.82) is 0 Å². The van der Waals surface area contributed by atoms with E-state index in [-0.39, 0.29) is 23.8 Å². The molecule has 1 saturated carbocycles. The molecule has 5 nitrogen and oxygen atoms in total. The quantitative estimate of drug-likeness (QED) is 0.689. The first-order chi connectivity index (χ1) is 10.6. The number of nitrogens with two attached hydrogens (primary N) is 1. The highest BCUT2D eigenvalue weighted by Crippen LogP contribution is 2.30. The maximum atomic E-state index is 12.2. The third kappa shape index (κ3) is 4.84. The van der Waals surface area contributed by atoms with Gasteiger partial charge in [-0.25, -0.2) is 0 Å². The van der Waals surface area contributed by atoms with Gasteiger partial charge in [-0.15, -0.1) is 0 Å². The fraction of sp³-hybridized carbons (Fsp3) is 0.529. The molecule has 22 heavy (non-hydrogen) atoms. The lowest BCUT2D eigenvalue weighted by molar-refractivity contribution is -0.117. The van der Waals surface area contributed by atoms with Gasteiger partial charge in [0.25, 0.3) is 5.91 Å². The smallest absolute Gasteiger partial charge is 0.251 e. The predicted molar refractivity (Wildman–Crippen MR) is 87.6 cm³/mol. The molecule has 0 bridgehead atoms. The molecule has 1 unspecified atom stereocenters. The second kappa shape index (κ2) is 7.94. The molecule has 1 fully saturated rings. The summed E-state index contributed by atoms with van der Waals surface area (Å²) in [7, 11) is 0. The number of carbonyl (C=O) groups is 2. The number of unbranched alkanes of at least 4 members (excludes halogenated alkanes) is 1. The van der Waals surface area contributed by atoms with Crippen LogP contribution < -0.4 is 16.4 Å². The van der Waals surface area contributed by atoms with Gasteiger partial charge in [-0.3, -0.25) is 9.59 Å². The molecule has 0 aliphatic heterocycles. The van der Waals surface area contributed by atoms with Crippen molar-refractivity contribution in [2.24, 2.45) is 11.7 Å². The normalized spacial score (nSPS) is 15.2. The van der Waals surface area contributed by atoms with Gasteiger partial charge in [0.15, 0.2) is 0 Å².